The van der Waals surface area contributed by atoms with E-state index >= 15 is 0 Å². The lowest BCUT2D eigenvalue weighted by Gasteiger charge is -2.14. The van der Waals surface area contributed by atoms with Crippen LogP contribution in [-0.4, -0.2) is 45.5 Å². The summed E-state index contributed by atoms with van der Waals surface area (Å²) >= 11 is 0. The second-order valence-corrected chi connectivity index (χ2v) is 6.85. The van der Waals surface area contributed by atoms with Crippen LogP contribution in [0.4, 0.5) is 5.69 Å². The summed E-state index contributed by atoms with van der Waals surface area (Å²) in [5, 5.41) is 6.74. The van der Waals surface area contributed by atoms with E-state index < -0.39 is 0 Å². The van der Waals surface area contributed by atoms with E-state index in [0.717, 1.165) is 35.9 Å². The quantitative estimate of drug-likeness (QED) is 0.181. The zero-order chi connectivity index (χ0) is 20.7. The zero-order valence-corrected chi connectivity index (χ0v) is 20.4. The van der Waals surface area contributed by atoms with Crippen molar-refractivity contribution in [2.45, 2.75) is 32.9 Å². The molecule has 2 aromatic carbocycles. The zero-order valence-electron chi connectivity index (χ0n) is 18.1. The molecular weight excluding hydrogens is 493 g/mol. The molecule has 6 nitrogen and oxygen atoms in total. The Labute approximate surface area is 197 Å². The van der Waals surface area contributed by atoms with Gasteiger partial charge in [0.1, 0.15) is 5.75 Å². The summed E-state index contributed by atoms with van der Waals surface area (Å²) in [4.78, 5) is 4.71. The standard InChI is InChI=1S/C23H33N3O3.HI/c1-19(2)29-22-12-10-21(11-13-22)26-23(24-14-7-15-28-17-16-27-3)25-18-20-8-5-4-6-9-20;/h4-6,8-13,19H,7,14-18H2,1-3H3,(H2,24,25,26);1H. The average molecular weight is 527 g/mol. The highest BCUT2D eigenvalue weighted by Crippen LogP contribution is 2.17. The van der Waals surface area contributed by atoms with Crippen molar-refractivity contribution in [1.82, 2.24) is 5.32 Å². The average Bonchev–Trinajstić information content (AvgIpc) is 2.73. The number of anilines is 1. The van der Waals surface area contributed by atoms with Gasteiger partial charge in [-0.3, -0.25) is 0 Å². The summed E-state index contributed by atoms with van der Waals surface area (Å²) < 4.78 is 16.2. The van der Waals surface area contributed by atoms with Gasteiger partial charge in [0.25, 0.3) is 0 Å². The molecule has 0 heterocycles. The fraction of sp³-hybridized carbons (Fsp3) is 0.435. The molecule has 0 aromatic heterocycles. The third-order valence-corrected chi connectivity index (χ3v) is 3.94. The number of rotatable bonds is 12. The molecule has 7 heteroatoms. The maximum absolute atomic E-state index is 5.70. The van der Waals surface area contributed by atoms with Crippen LogP contribution < -0.4 is 15.4 Å². The molecule has 0 bridgehead atoms. The van der Waals surface area contributed by atoms with Gasteiger partial charge in [-0.15, -0.1) is 24.0 Å². The number of aliphatic imine (C=N–C) groups is 1. The molecule has 0 spiro atoms. The van der Waals surface area contributed by atoms with E-state index in [2.05, 4.69) is 22.8 Å². The van der Waals surface area contributed by atoms with Crippen molar-refractivity contribution in [1.29, 1.82) is 0 Å². The van der Waals surface area contributed by atoms with Crippen molar-refractivity contribution in [2.24, 2.45) is 4.99 Å². The van der Waals surface area contributed by atoms with Crippen LogP contribution in [0.1, 0.15) is 25.8 Å². The molecule has 0 saturated carbocycles. The second kappa shape index (κ2) is 15.9. The van der Waals surface area contributed by atoms with Gasteiger partial charge in [-0.1, -0.05) is 30.3 Å². The van der Waals surface area contributed by atoms with Gasteiger partial charge in [0.2, 0.25) is 0 Å². The first-order chi connectivity index (χ1) is 14.2. The van der Waals surface area contributed by atoms with Gasteiger partial charge in [0.15, 0.2) is 5.96 Å². The number of nitrogens with one attached hydrogen (secondary N) is 2. The number of hydrogen-bond donors (Lipinski definition) is 2. The second-order valence-electron chi connectivity index (χ2n) is 6.85. The Balaban J connectivity index is 0.00000450. The Kier molecular flexibility index (Phi) is 13.9. The van der Waals surface area contributed by atoms with Gasteiger partial charge in [-0.25, -0.2) is 4.99 Å². The number of guanidine groups is 1. The molecule has 166 valence electrons. The normalized spacial score (nSPS) is 11.1. The highest BCUT2D eigenvalue weighted by atomic mass is 127. The molecule has 0 aliphatic rings. The predicted octanol–water partition coefficient (Wildman–Crippen LogP) is 4.70. The van der Waals surface area contributed by atoms with Gasteiger partial charge in [0.05, 0.1) is 25.9 Å². The largest absolute Gasteiger partial charge is 0.491 e. The SMILES string of the molecule is COCCOCCCNC(=NCc1ccccc1)Nc1ccc(OC(C)C)cc1.I. The highest BCUT2D eigenvalue weighted by molar-refractivity contribution is 14.0. The van der Waals surface area contributed by atoms with Crippen molar-refractivity contribution < 1.29 is 14.2 Å². The fourth-order valence-electron chi connectivity index (χ4n) is 2.54. The summed E-state index contributed by atoms with van der Waals surface area (Å²) in [6.45, 7) is 7.33. The Morgan fingerprint density at radius 1 is 0.967 bits per heavy atom. The molecule has 0 aliphatic carbocycles. The van der Waals surface area contributed by atoms with Gasteiger partial charge < -0.3 is 24.8 Å². The number of methoxy groups -OCH3 is 1. The first kappa shape index (κ1) is 26.2. The first-order valence-corrected chi connectivity index (χ1v) is 10.1. The van der Waals surface area contributed by atoms with E-state index in [1.54, 1.807) is 7.11 Å². The Bertz CT molecular complexity index is 709. The van der Waals surface area contributed by atoms with Crippen LogP contribution in [-0.2, 0) is 16.0 Å². The smallest absolute Gasteiger partial charge is 0.196 e. The van der Waals surface area contributed by atoms with Crippen LogP contribution in [0.15, 0.2) is 59.6 Å². The predicted molar refractivity (Wildman–Crippen MR) is 134 cm³/mol. The van der Waals surface area contributed by atoms with Crippen molar-refractivity contribution in [3.8, 4) is 5.75 Å². The van der Waals surface area contributed by atoms with Gasteiger partial charge in [0, 0.05) is 25.9 Å². The van der Waals surface area contributed by atoms with Crippen LogP contribution in [0.3, 0.4) is 0 Å². The summed E-state index contributed by atoms with van der Waals surface area (Å²) in [6.07, 6.45) is 1.04. The molecule has 2 aromatic rings. The van der Waals surface area contributed by atoms with Gasteiger partial charge >= 0.3 is 0 Å². The minimum absolute atomic E-state index is 0. The molecule has 0 radical (unpaired) electrons. The topological polar surface area (TPSA) is 64.1 Å². The van der Waals surface area contributed by atoms with E-state index in [-0.39, 0.29) is 30.1 Å². The van der Waals surface area contributed by atoms with Gasteiger partial charge in [-0.2, -0.15) is 0 Å². The van der Waals surface area contributed by atoms with Gasteiger partial charge in [-0.05, 0) is 50.1 Å². The van der Waals surface area contributed by atoms with Crippen molar-refractivity contribution in [3.63, 3.8) is 0 Å². The molecule has 0 aliphatic heterocycles. The lowest BCUT2D eigenvalue weighted by Crippen LogP contribution is -2.32. The summed E-state index contributed by atoms with van der Waals surface area (Å²) in [5.74, 6) is 1.60. The van der Waals surface area contributed by atoms with E-state index in [1.165, 1.54) is 0 Å². The molecule has 0 saturated heterocycles. The molecular formula is C23H34IN3O3. The Hall–Kier alpha value is -1.84. The van der Waals surface area contributed by atoms with E-state index in [1.807, 2.05) is 56.3 Å². The van der Waals surface area contributed by atoms with Crippen LogP contribution in [0, 0.1) is 0 Å². The highest BCUT2D eigenvalue weighted by Gasteiger charge is 2.03. The Morgan fingerprint density at radius 2 is 1.70 bits per heavy atom. The summed E-state index contributed by atoms with van der Waals surface area (Å²) in [7, 11) is 1.67. The van der Waals surface area contributed by atoms with Crippen molar-refractivity contribution in [2.75, 3.05) is 38.8 Å². The number of halogens is 1. The van der Waals surface area contributed by atoms with Crippen molar-refractivity contribution >= 4 is 35.6 Å². The minimum Gasteiger partial charge on any atom is -0.491 e. The number of nitrogens with zero attached hydrogens (tertiary/aromatic N) is 1. The maximum atomic E-state index is 5.70. The first-order valence-electron chi connectivity index (χ1n) is 10.1. The lowest BCUT2D eigenvalue weighted by molar-refractivity contribution is 0.0699. The van der Waals surface area contributed by atoms with Crippen LogP contribution in [0.25, 0.3) is 0 Å². The number of ether oxygens (including phenoxy) is 3. The third-order valence-electron chi connectivity index (χ3n) is 3.94. The van der Waals surface area contributed by atoms with E-state index in [4.69, 9.17) is 19.2 Å². The third kappa shape index (κ3) is 11.4. The Morgan fingerprint density at radius 3 is 2.37 bits per heavy atom. The molecule has 2 rings (SSSR count). The molecule has 0 atom stereocenters. The molecule has 2 N–H and O–H groups in total. The van der Waals surface area contributed by atoms with Crippen LogP contribution >= 0.6 is 24.0 Å². The monoisotopic (exact) mass is 527 g/mol. The van der Waals surface area contributed by atoms with E-state index in [0.29, 0.717) is 26.4 Å². The molecule has 0 fully saturated rings. The maximum Gasteiger partial charge on any atom is 0.196 e. The summed E-state index contributed by atoms with van der Waals surface area (Å²) in [6, 6.07) is 18.1. The lowest BCUT2D eigenvalue weighted by atomic mass is 10.2. The molecule has 30 heavy (non-hydrogen) atoms. The molecule has 0 unspecified atom stereocenters. The molecule has 0 amide bonds. The van der Waals surface area contributed by atoms with Crippen LogP contribution in [0.5, 0.6) is 5.75 Å². The van der Waals surface area contributed by atoms with Crippen molar-refractivity contribution in [3.05, 3.63) is 60.2 Å². The fourth-order valence-corrected chi connectivity index (χ4v) is 2.54. The number of benzene rings is 2. The van der Waals surface area contributed by atoms with Crippen LogP contribution in [0.2, 0.25) is 0 Å². The van der Waals surface area contributed by atoms with E-state index in [9.17, 15) is 0 Å². The number of hydrogen-bond acceptors (Lipinski definition) is 4. The minimum atomic E-state index is 0. The summed E-state index contributed by atoms with van der Waals surface area (Å²) in [5.41, 5.74) is 2.12.